The van der Waals surface area contributed by atoms with Crippen molar-refractivity contribution in [1.82, 2.24) is 16.0 Å². The van der Waals surface area contributed by atoms with Crippen molar-refractivity contribution in [2.75, 3.05) is 0 Å². The number of aromatic hydroxyl groups is 1. The Morgan fingerprint density at radius 2 is 1.26 bits per heavy atom. The number of carbonyl (C=O) groups excluding carboxylic acids is 3. The van der Waals surface area contributed by atoms with Gasteiger partial charge in [0.15, 0.2) is 0 Å². The predicted octanol–water partition coefficient (Wildman–Crippen LogP) is 0.758. The maximum atomic E-state index is 13.3. The number of carbonyl (C=O) groups is 5. The van der Waals surface area contributed by atoms with Crippen LogP contribution in [-0.2, 0) is 30.4 Å². The SMILES string of the molecule is CC(C)C[C@H](NC(=O)[C@H](Cc1ccc(O)cc1)NC(=O)[C@@H](N)CC(C)C)C(=O)N[C@@H](CCC(=O)O)C(=O)O. The molecule has 0 unspecified atom stereocenters. The second kappa shape index (κ2) is 15.6. The minimum absolute atomic E-state index is 0.0299. The van der Waals surface area contributed by atoms with E-state index in [-0.39, 0.29) is 36.8 Å². The number of hydrogen-bond donors (Lipinski definition) is 7. The van der Waals surface area contributed by atoms with E-state index < -0.39 is 60.2 Å². The maximum absolute atomic E-state index is 13.3. The number of phenolic OH excluding ortho intramolecular Hbond substituents is 1. The summed E-state index contributed by atoms with van der Waals surface area (Å²) in [7, 11) is 0. The van der Waals surface area contributed by atoms with Crippen LogP contribution >= 0.6 is 0 Å². The fourth-order valence-electron chi connectivity index (χ4n) is 3.74. The molecule has 0 bridgehead atoms. The lowest BCUT2D eigenvalue weighted by Gasteiger charge is -2.26. The Morgan fingerprint density at radius 3 is 1.76 bits per heavy atom. The number of nitrogens with one attached hydrogen (secondary N) is 3. The van der Waals surface area contributed by atoms with Crippen LogP contribution < -0.4 is 21.7 Å². The summed E-state index contributed by atoms with van der Waals surface area (Å²) < 4.78 is 0. The highest BCUT2D eigenvalue weighted by Crippen LogP contribution is 2.13. The first-order valence-electron chi connectivity index (χ1n) is 12.6. The lowest BCUT2D eigenvalue weighted by atomic mass is 9.99. The summed E-state index contributed by atoms with van der Waals surface area (Å²) in [6.07, 6.45) is -0.194. The molecule has 38 heavy (non-hydrogen) atoms. The van der Waals surface area contributed by atoms with E-state index in [1.807, 2.05) is 27.7 Å². The van der Waals surface area contributed by atoms with Crippen molar-refractivity contribution in [2.24, 2.45) is 17.6 Å². The predicted molar refractivity (Wildman–Crippen MR) is 139 cm³/mol. The van der Waals surface area contributed by atoms with E-state index in [0.29, 0.717) is 12.0 Å². The molecule has 12 nitrogen and oxygen atoms in total. The molecule has 0 aliphatic carbocycles. The quantitative estimate of drug-likeness (QED) is 0.159. The summed E-state index contributed by atoms with van der Waals surface area (Å²) in [5.74, 6) is -4.51. The summed E-state index contributed by atoms with van der Waals surface area (Å²) in [5.41, 5.74) is 6.62. The number of carboxylic acid groups (broad SMARTS) is 2. The molecule has 0 saturated carbocycles. The van der Waals surface area contributed by atoms with Gasteiger partial charge in [0, 0.05) is 12.8 Å². The average molecular weight is 537 g/mol. The largest absolute Gasteiger partial charge is 0.508 e. The van der Waals surface area contributed by atoms with Crippen molar-refractivity contribution < 1.29 is 39.3 Å². The number of rotatable bonds is 16. The number of hydrogen-bond acceptors (Lipinski definition) is 7. The average Bonchev–Trinajstić information content (AvgIpc) is 2.80. The summed E-state index contributed by atoms with van der Waals surface area (Å²) in [4.78, 5) is 61.4. The molecule has 0 heterocycles. The standard InChI is InChI=1S/C26H40N4O8/c1-14(2)11-18(27)23(34)29-21(13-16-5-7-17(31)8-6-16)25(36)30-20(12-15(3)4)24(35)28-19(26(37)38)9-10-22(32)33/h5-8,14-15,18-21,31H,9-13,27H2,1-4H3,(H,28,35)(H,29,34)(H,30,36)(H,32,33)(H,37,38)/t18-,19-,20-,21-/m0/s1. The molecule has 3 amide bonds. The number of phenols is 1. The van der Waals surface area contributed by atoms with E-state index in [1.54, 1.807) is 12.1 Å². The number of amides is 3. The zero-order valence-electron chi connectivity index (χ0n) is 22.3. The zero-order valence-corrected chi connectivity index (χ0v) is 22.3. The lowest BCUT2D eigenvalue weighted by molar-refractivity contribution is -0.143. The van der Waals surface area contributed by atoms with Gasteiger partial charge >= 0.3 is 11.9 Å². The van der Waals surface area contributed by atoms with Crippen LogP contribution in [0.1, 0.15) is 58.9 Å². The van der Waals surface area contributed by atoms with Crippen molar-refractivity contribution in [3.8, 4) is 5.75 Å². The Balaban J connectivity index is 3.13. The van der Waals surface area contributed by atoms with Crippen LogP contribution in [0.2, 0.25) is 0 Å². The molecule has 4 atom stereocenters. The van der Waals surface area contributed by atoms with Crippen LogP contribution in [0, 0.1) is 11.8 Å². The molecular formula is C26H40N4O8. The Labute approximate surface area is 222 Å². The molecule has 0 aliphatic rings. The molecule has 0 saturated heterocycles. The topological polar surface area (TPSA) is 208 Å². The number of aliphatic carboxylic acids is 2. The van der Waals surface area contributed by atoms with Gasteiger partial charge in [-0.25, -0.2) is 4.79 Å². The molecule has 0 spiro atoms. The zero-order chi connectivity index (χ0) is 29.0. The second-order valence-electron chi connectivity index (χ2n) is 10.2. The van der Waals surface area contributed by atoms with E-state index in [2.05, 4.69) is 16.0 Å². The Hall–Kier alpha value is -3.67. The molecule has 0 radical (unpaired) electrons. The van der Waals surface area contributed by atoms with Gasteiger partial charge in [-0.3, -0.25) is 19.2 Å². The molecule has 0 aliphatic heterocycles. The normalized spacial score (nSPS) is 14.3. The van der Waals surface area contributed by atoms with Crippen molar-refractivity contribution >= 4 is 29.7 Å². The third-order valence-electron chi connectivity index (χ3n) is 5.67. The van der Waals surface area contributed by atoms with Gasteiger partial charge in [-0.2, -0.15) is 0 Å². The van der Waals surface area contributed by atoms with Crippen molar-refractivity contribution in [2.45, 2.75) is 84.0 Å². The van der Waals surface area contributed by atoms with E-state index >= 15 is 0 Å². The Morgan fingerprint density at radius 1 is 0.763 bits per heavy atom. The van der Waals surface area contributed by atoms with Crippen molar-refractivity contribution in [3.63, 3.8) is 0 Å². The highest BCUT2D eigenvalue weighted by atomic mass is 16.4. The smallest absolute Gasteiger partial charge is 0.326 e. The number of carboxylic acids is 2. The molecule has 0 fully saturated rings. The van der Waals surface area contributed by atoms with Gasteiger partial charge in [0.1, 0.15) is 23.9 Å². The first-order chi connectivity index (χ1) is 17.7. The van der Waals surface area contributed by atoms with Gasteiger partial charge < -0.3 is 37.0 Å². The molecular weight excluding hydrogens is 496 g/mol. The van der Waals surface area contributed by atoms with E-state index in [1.165, 1.54) is 12.1 Å². The maximum Gasteiger partial charge on any atom is 0.326 e. The van der Waals surface area contributed by atoms with Crippen molar-refractivity contribution in [1.29, 1.82) is 0 Å². The van der Waals surface area contributed by atoms with Crippen LogP contribution in [0.25, 0.3) is 0 Å². The molecule has 8 N–H and O–H groups in total. The highest BCUT2D eigenvalue weighted by Gasteiger charge is 2.31. The van der Waals surface area contributed by atoms with Gasteiger partial charge in [-0.1, -0.05) is 39.8 Å². The van der Waals surface area contributed by atoms with Crippen LogP contribution in [-0.4, -0.2) is 69.1 Å². The summed E-state index contributed by atoms with van der Waals surface area (Å²) in [6, 6.07) is 1.50. The van der Waals surface area contributed by atoms with Crippen molar-refractivity contribution in [3.05, 3.63) is 29.8 Å². The fraction of sp³-hybridized carbons (Fsp3) is 0.577. The summed E-state index contributed by atoms with van der Waals surface area (Å²) in [5, 5.41) is 35.4. The first kappa shape index (κ1) is 32.4. The number of nitrogens with two attached hydrogens (primary N) is 1. The lowest BCUT2D eigenvalue weighted by Crippen LogP contribution is -2.58. The summed E-state index contributed by atoms with van der Waals surface area (Å²) >= 11 is 0. The van der Waals surface area contributed by atoms with Crippen LogP contribution in [0.15, 0.2) is 24.3 Å². The van der Waals surface area contributed by atoms with Gasteiger partial charge in [0.2, 0.25) is 17.7 Å². The van der Waals surface area contributed by atoms with Crippen LogP contribution in [0.5, 0.6) is 5.75 Å². The third-order valence-corrected chi connectivity index (χ3v) is 5.67. The van der Waals surface area contributed by atoms with Gasteiger partial charge in [-0.15, -0.1) is 0 Å². The van der Waals surface area contributed by atoms with Gasteiger partial charge in [-0.05, 0) is 48.8 Å². The monoisotopic (exact) mass is 536 g/mol. The molecule has 0 aromatic heterocycles. The molecule has 12 heteroatoms. The van der Waals surface area contributed by atoms with Gasteiger partial charge in [0.25, 0.3) is 0 Å². The minimum Gasteiger partial charge on any atom is -0.508 e. The van der Waals surface area contributed by atoms with Crippen LogP contribution in [0.4, 0.5) is 0 Å². The molecule has 1 rings (SSSR count). The van der Waals surface area contributed by atoms with E-state index in [4.69, 9.17) is 10.8 Å². The Kier molecular flexibility index (Phi) is 13.2. The van der Waals surface area contributed by atoms with E-state index in [0.717, 1.165) is 0 Å². The highest BCUT2D eigenvalue weighted by molar-refractivity contribution is 5.94. The first-order valence-corrected chi connectivity index (χ1v) is 12.6. The second-order valence-corrected chi connectivity index (χ2v) is 10.2. The minimum atomic E-state index is -1.45. The molecule has 1 aromatic rings. The van der Waals surface area contributed by atoms with Crippen LogP contribution in [0.3, 0.4) is 0 Å². The number of benzene rings is 1. The fourth-order valence-corrected chi connectivity index (χ4v) is 3.74. The summed E-state index contributed by atoms with van der Waals surface area (Å²) in [6.45, 7) is 7.44. The van der Waals surface area contributed by atoms with Gasteiger partial charge in [0.05, 0.1) is 6.04 Å². The Bertz CT molecular complexity index is 964. The van der Waals surface area contributed by atoms with E-state index in [9.17, 15) is 34.2 Å². The third kappa shape index (κ3) is 12.0. The molecule has 1 aromatic carbocycles. The molecule has 212 valence electrons.